The fraction of sp³-hybridized carbons (Fsp3) is 0.409. The summed E-state index contributed by atoms with van der Waals surface area (Å²) in [4.78, 5) is 13.0. The molecule has 1 N–H and O–H groups in total. The second-order valence-electron chi connectivity index (χ2n) is 7.45. The van der Waals surface area contributed by atoms with E-state index in [9.17, 15) is 9.90 Å². The Balaban J connectivity index is 2.43. The van der Waals surface area contributed by atoms with Crippen molar-refractivity contribution in [3.8, 4) is 5.75 Å². The van der Waals surface area contributed by atoms with Crippen molar-refractivity contribution < 1.29 is 9.90 Å². The lowest BCUT2D eigenvalue weighted by Gasteiger charge is -2.23. The van der Waals surface area contributed by atoms with Crippen molar-refractivity contribution in [3.63, 3.8) is 0 Å². The molecule has 0 heterocycles. The zero-order valence-corrected chi connectivity index (χ0v) is 15.2. The second-order valence-corrected chi connectivity index (χ2v) is 7.45. The monoisotopic (exact) mass is 324 g/mol. The van der Waals surface area contributed by atoms with Gasteiger partial charge in [-0.2, -0.15) is 0 Å². The van der Waals surface area contributed by atoms with E-state index in [-0.39, 0.29) is 17.1 Å². The summed E-state index contributed by atoms with van der Waals surface area (Å²) in [6, 6.07) is 15.1. The van der Waals surface area contributed by atoms with Crippen LogP contribution in [0.5, 0.6) is 5.75 Å². The molecule has 0 fully saturated rings. The quantitative estimate of drug-likeness (QED) is 0.677. The minimum absolute atomic E-state index is 0.158. The van der Waals surface area contributed by atoms with Gasteiger partial charge in [-0.25, -0.2) is 0 Å². The van der Waals surface area contributed by atoms with E-state index in [0.717, 1.165) is 36.0 Å². The molecule has 0 saturated carbocycles. The molecule has 2 rings (SSSR count). The van der Waals surface area contributed by atoms with Gasteiger partial charge in [-0.3, -0.25) is 4.79 Å². The van der Waals surface area contributed by atoms with Gasteiger partial charge in [-0.05, 0) is 29.0 Å². The first-order valence-corrected chi connectivity index (χ1v) is 8.77. The van der Waals surface area contributed by atoms with E-state index in [2.05, 4.69) is 27.7 Å². The summed E-state index contributed by atoms with van der Waals surface area (Å²) >= 11 is 0. The lowest BCUT2D eigenvalue weighted by atomic mass is 9.81. The molecular formula is C22H28O2. The largest absolute Gasteiger partial charge is 0.508 e. The first kappa shape index (κ1) is 18.3. The molecule has 0 spiro atoms. The Morgan fingerprint density at radius 2 is 1.75 bits per heavy atom. The maximum Gasteiger partial charge on any atom is 0.170 e. The van der Waals surface area contributed by atoms with Gasteiger partial charge in [0.05, 0.1) is 0 Å². The molecule has 0 saturated heterocycles. The van der Waals surface area contributed by atoms with Gasteiger partial charge in [0.15, 0.2) is 5.78 Å². The van der Waals surface area contributed by atoms with E-state index in [4.69, 9.17) is 0 Å². The Labute approximate surface area is 145 Å². The van der Waals surface area contributed by atoms with Crippen LogP contribution < -0.4 is 0 Å². The summed E-state index contributed by atoms with van der Waals surface area (Å²) in [6.45, 7) is 8.37. The van der Waals surface area contributed by atoms with E-state index in [1.54, 1.807) is 6.07 Å². The van der Waals surface area contributed by atoms with Crippen molar-refractivity contribution >= 4 is 5.78 Å². The van der Waals surface area contributed by atoms with Crippen LogP contribution in [0.2, 0.25) is 0 Å². The van der Waals surface area contributed by atoms with Crippen LogP contribution in [0.15, 0.2) is 48.5 Å². The molecule has 1 unspecified atom stereocenters. The summed E-state index contributed by atoms with van der Waals surface area (Å²) in [5.74, 6) is 0.302. The van der Waals surface area contributed by atoms with Gasteiger partial charge < -0.3 is 5.11 Å². The van der Waals surface area contributed by atoms with Crippen LogP contribution in [-0.2, 0) is 5.41 Å². The zero-order chi connectivity index (χ0) is 17.7. The highest BCUT2D eigenvalue weighted by Gasteiger charge is 2.25. The van der Waals surface area contributed by atoms with Crippen LogP contribution in [0.4, 0.5) is 0 Å². The number of aromatic hydroxyl groups is 1. The van der Waals surface area contributed by atoms with Crippen molar-refractivity contribution in [2.24, 2.45) is 0 Å². The van der Waals surface area contributed by atoms with Gasteiger partial charge in [0.25, 0.3) is 0 Å². The molecule has 0 bridgehead atoms. The second kappa shape index (κ2) is 7.65. The number of carbonyl (C=O) groups excluding carboxylic acids is 1. The lowest BCUT2D eigenvalue weighted by Crippen LogP contribution is -2.16. The highest BCUT2D eigenvalue weighted by molar-refractivity contribution is 6.01. The highest BCUT2D eigenvalue weighted by Crippen LogP contribution is 2.35. The third-order valence-electron chi connectivity index (χ3n) is 4.45. The Morgan fingerprint density at radius 1 is 1.08 bits per heavy atom. The Hall–Kier alpha value is -2.09. The van der Waals surface area contributed by atoms with Crippen LogP contribution in [0.25, 0.3) is 0 Å². The number of hydrogen-bond acceptors (Lipinski definition) is 2. The molecular weight excluding hydrogens is 296 g/mol. The normalized spacial score (nSPS) is 12.8. The van der Waals surface area contributed by atoms with E-state index in [1.807, 2.05) is 42.5 Å². The molecule has 0 aliphatic carbocycles. The maximum absolute atomic E-state index is 13.0. The molecule has 0 aromatic heterocycles. The van der Waals surface area contributed by atoms with E-state index >= 15 is 0 Å². The fourth-order valence-electron chi connectivity index (χ4n) is 3.03. The Morgan fingerprint density at radius 3 is 2.33 bits per heavy atom. The van der Waals surface area contributed by atoms with Gasteiger partial charge in [-0.1, -0.05) is 83.0 Å². The van der Waals surface area contributed by atoms with Crippen molar-refractivity contribution in [3.05, 3.63) is 65.2 Å². The average Bonchev–Trinajstić information content (AvgIpc) is 2.56. The molecule has 2 nitrogen and oxygen atoms in total. The number of carbonyl (C=O) groups is 1. The van der Waals surface area contributed by atoms with Crippen molar-refractivity contribution in [1.82, 2.24) is 0 Å². The van der Waals surface area contributed by atoms with Gasteiger partial charge in [0.2, 0.25) is 0 Å². The highest BCUT2D eigenvalue weighted by atomic mass is 16.3. The molecule has 0 radical (unpaired) electrons. The molecule has 0 aliphatic rings. The summed E-state index contributed by atoms with van der Waals surface area (Å²) in [7, 11) is 0. The maximum atomic E-state index is 13.0. The smallest absolute Gasteiger partial charge is 0.170 e. The third kappa shape index (κ3) is 4.25. The van der Waals surface area contributed by atoms with Gasteiger partial charge in [0, 0.05) is 11.5 Å². The van der Waals surface area contributed by atoms with Crippen LogP contribution >= 0.6 is 0 Å². The molecule has 2 aromatic rings. The van der Waals surface area contributed by atoms with Crippen molar-refractivity contribution in [2.45, 2.75) is 58.3 Å². The van der Waals surface area contributed by atoms with E-state index < -0.39 is 0 Å². The summed E-state index contributed by atoms with van der Waals surface area (Å²) in [5.41, 5.74) is 2.48. The number of Topliss-reactive ketones (excluding diaryl/α,β-unsaturated/α-hetero) is 1. The van der Waals surface area contributed by atoms with Gasteiger partial charge >= 0.3 is 0 Å². The molecule has 2 aromatic carbocycles. The van der Waals surface area contributed by atoms with E-state index in [1.165, 1.54) is 0 Å². The number of ketones is 1. The van der Waals surface area contributed by atoms with Crippen molar-refractivity contribution in [1.29, 1.82) is 0 Å². The number of phenolic OH excluding ortho intramolecular Hbond substituents is 1. The SMILES string of the molecule is CCCCC(C(=O)c1ccccc1)c1ccc(O)c(C(C)(C)C)c1. The first-order chi connectivity index (χ1) is 11.3. The zero-order valence-electron chi connectivity index (χ0n) is 15.2. The molecule has 24 heavy (non-hydrogen) atoms. The van der Waals surface area contributed by atoms with E-state index in [0.29, 0.717) is 5.75 Å². The topological polar surface area (TPSA) is 37.3 Å². The van der Waals surface area contributed by atoms with Gasteiger partial charge in [0.1, 0.15) is 5.75 Å². The van der Waals surface area contributed by atoms with Crippen LogP contribution in [-0.4, -0.2) is 10.9 Å². The number of unbranched alkanes of at least 4 members (excludes halogenated alkanes) is 1. The molecule has 128 valence electrons. The number of phenols is 1. The number of hydrogen-bond donors (Lipinski definition) is 1. The van der Waals surface area contributed by atoms with Crippen molar-refractivity contribution in [2.75, 3.05) is 0 Å². The molecule has 1 atom stereocenters. The Kier molecular flexibility index (Phi) is 5.82. The first-order valence-electron chi connectivity index (χ1n) is 8.77. The number of rotatable bonds is 6. The standard InChI is InChI=1S/C22H28O2/c1-5-6-12-18(21(24)16-10-8-7-9-11-16)17-13-14-20(23)19(15-17)22(2,3)4/h7-11,13-15,18,23H,5-6,12H2,1-4H3. The lowest BCUT2D eigenvalue weighted by molar-refractivity contribution is 0.0954. The minimum atomic E-state index is -0.162. The van der Waals surface area contributed by atoms with Crippen LogP contribution in [0.3, 0.4) is 0 Å². The van der Waals surface area contributed by atoms with Crippen LogP contribution in [0, 0.1) is 0 Å². The Bertz CT molecular complexity index is 681. The summed E-state index contributed by atoms with van der Waals surface area (Å²) in [6.07, 6.45) is 2.90. The predicted octanol–water partition coefficient (Wildman–Crippen LogP) is 5.85. The summed E-state index contributed by atoms with van der Waals surface area (Å²) in [5, 5.41) is 10.2. The van der Waals surface area contributed by atoms with Crippen LogP contribution in [0.1, 0.15) is 74.4 Å². The summed E-state index contributed by atoms with van der Waals surface area (Å²) < 4.78 is 0. The minimum Gasteiger partial charge on any atom is -0.508 e. The molecule has 2 heteroatoms. The average molecular weight is 324 g/mol. The number of benzene rings is 2. The fourth-order valence-corrected chi connectivity index (χ4v) is 3.03. The molecule has 0 aliphatic heterocycles. The van der Waals surface area contributed by atoms with Gasteiger partial charge in [-0.15, -0.1) is 0 Å². The third-order valence-corrected chi connectivity index (χ3v) is 4.45. The predicted molar refractivity (Wildman–Crippen MR) is 99.8 cm³/mol. The molecule has 0 amide bonds.